The molecular weight excluding hydrogens is 300 g/mol. The van der Waals surface area contributed by atoms with Crippen LogP contribution in [-0.2, 0) is 27.3 Å². The molecule has 0 amide bonds. The zero-order valence-corrected chi connectivity index (χ0v) is 13.6. The van der Waals surface area contributed by atoms with Crippen molar-refractivity contribution in [1.82, 2.24) is 0 Å². The summed E-state index contributed by atoms with van der Waals surface area (Å²) in [5.74, 6) is 0.786. The molecule has 0 unspecified atom stereocenters. The molecular formula is C17H20O4S. The van der Waals surface area contributed by atoms with Crippen LogP contribution in [0.15, 0.2) is 48.5 Å². The van der Waals surface area contributed by atoms with E-state index in [4.69, 9.17) is 8.92 Å². The van der Waals surface area contributed by atoms with Gasteiger partial charge in [-0.05, 0) is 36.6 Å². The molecule has 0 radical (unpaired) electrons. The summed E-state index contributed by atoms with van der Waals surface area (Å²) in [7, 11) is -3.37. The summed E-state index contributed by atoms with van der Waals surface area (Å²) in [5.41, 5.74) is 3.35. The highest BCUT2D eigenvalue weighted by atomic mass is 32.2. The van der Waals surface area contributed by atoms with Crippen molar-refractivity contribution in [2.45, 2.75) is 20.0 Å². The summed E-state index contributed by atoms with van der Waals surface area (Å²) in [6.45, 7) is 2.73. The lowest BCUT2D eigenvalue weighted by molar-refractivity contribution is 0.305. The third-order valence-corrected chi connectivity index (χ3v) is 3.73. The molecule has 2 aromatic rings. The second kappa shape index (κ2) is 7.42. The fourth-order valence-corrected chi connectivity index (χ4v) is 2.30. The third-order valence-electron chi connectivity index (χ3n) is 3.14. The molecule has 5 heteroatoms. The van der Waals surface area contributed by atoms with Crippen LogP contribution in [0.3, 0.4) is 0 Å². The molecule has 118 valence electrons. The van der Waals surface area contributed by atoms with Crippen LogP contribution < -0.4 is 4.74 Å². The van der Waals surface area contributed by atoms with Gasteiger partial charge < -0.3 is 4.74 Å². The van der Waals surface area contributed by atoms with Crippen LogP contribution in [0.4, 0.5) is 0 Å². The minimum absolute atomic E-state index is 0.155. The zero-order valence-electron chi connectivity index (χ0n) is 12.8. The monoisotopic (exact) mass is 320 g/mol. The summed E-state index contributed by atoms with van der Waals surface area (Å²) >= 11 is 0. The van der Waals surface area contributed by atoms with E-state index in [1.54, 1.807) is 0 Å². The Morgan fingerprint density at radius 3 is 2.09 bits per heavy atom. The Labute approximate surface area is 131 Å². The molecule has 2 aromatic carbocycles. The number of rotatable bonds is 7. The van der Waals surface area contributed by atoms with Crippen LogP contribution >= 0.6 is 0 Å². The minimum Gasteiger partial charge on any atom is -0.489 e. The van der Waals surface area contributed by atoms with Crippen LogP contribution in [0.1, 0.15) is 16.7 Å². The van der Waals surface area contributed by atoms with Crippen molar-refractivity contribution in [3.63, 3.8) is 0 Å². The molecule has 0 aromatic heterocycles. The second-order valence-corrected chi connectivity index (χ2v) is 6.84. The summed E-state index contributed by atoms with van der Waals surface area (Å²) in [5, 5.41) is 0. The zero-order chi connectivity index (χ0) is 16.0. The number of ether oxygens (including phenoxy) is 1. The van der Waals surface area contributed by atoms with Crippen LogP contribution in [0.2, 0.25) is 0 Å². The molecule has 4 nitrogen and oxygen atoms in total. The normalized spacial score (nSPS) is 11.4. The quantitative estimate of drug-likeness (QED) is 0.736. The van der Waals surface area contributed by atoms with Gasteiger partial charge in [-0.3, -0.25) is 4.18 Å². The van der Waals surface area contributed by atoms with Gasteiger partial charge in [-0.1, -0.05) is 42.0 Å². The molecule has 22 heavy (non-hydrogen) atoms. The van der Waals surface area contributed by atoms with E-state index in [2.05, 4.69) is 19.1 Å². The number of hydrogen-bond acceptors (Lipinski definition) is 4. The molecule has 2 rings (SSSR count). The Balaban J connectivity index is 1.82. The van der Waals surface area contributed by atoms with Crippen molar-refractivity contribution < 1.29 is 17.3 Å². The lowest BCUT2D eigenvalue weighted by atomic mass is 10.1. The van der Waals surface area contributed by atoms with Gasteiger partial charge in [-0.2, -0.15) is 8.42 Å². The van der Waals surface area contributed by atoms with Crippen LogP contribution in [0, 0.1) is 6.92 Å². The fourth-order valence-electron chi connectivity index (χ4n) is 1.91. The van der Waals surface area contributed by atoms with E-state index < -0.39 is 10.1 Å². The Morgan fingerprint density at radius 1 is 0.909 bits per heavy atom. The lowest BCUT2D eigenvalue weighted by Crippen LogP contribution is -2.06. The highest BCUT2D eigenvalue weighted by Gasteiger charge is 2.02. The van der Waals surface area contributed by atoms with Gasteiger partial charge in [-0.15, -0.1) is 0 Å². The Kier molecular flexibility index (Phi) is 5.57. The molecule has 0 bridgehead atoms. The molecule has 0 aliphatic heterocycles. The van der Waals surface area contributed by atoms with Gasteiger partial charge in [-0.25, -0.2) is 0 Å². The average molecular weight is 320 g/mol. The van der Waals surface area contributed by atoms with E-state index in [0.717, 1.165) is 23.1 Å². The number of hydrogen-bond donors (Lipinski definition) is 0. The van der Waals surface area contributed by atoms with E-state index in [-0.39, 0.29) is 6.61 Å². The second-order valence-electron chi connectivity index (χ2n) is 5.19. The van der Waals surface area contributed by atoms with Crippen LogP contribution in [-0.4, -0.2) is 21.3 Å². The Morgan fingerprint density at radius 2 is 1.50 bits per heavy atom. The fraction of sp³-hybridized carbons (Fsp3) is 0.294. The van der Waals surface area contributed by atoms with E-state index in [0.29, 0.717) is 13.0 Å². The highest BCUT2D eigenvalue weighted by molar-refractivity contribution is 7.85. The number of aryl methyl sites for hydroxylation is 1. The van der Waals surface area contributed by atoms with E-state index in [1.807, 2.05) is 36.4 Å². The Bertz CT molecular complexity index is 688. The largest absolute Gasteiger partial charge is 0.489 e. The standard InChI is InChI=1S/C17H20O4S/c1-14-3-5-16(6-4-14)13-20-17-9-7-15(8-10-17)11-12-21-22(2,18)19/h3-10H,11-13H2,1-2H3. The first-order valence-corrected chi connectivity index (χ1v) is 8.86. The van der Waals surface area contributed by atoms with Gasteiger partial charge in [0.15, 0.2) is 0 Å². The van der Waals surface area contributed by atoms with Gasteiger partial charge >= 0.3 is 0 Å². The SMILES string of the molecule is Cc1ccc(COc2ccc(CCOS(C)(=O)=O)cc2)cc1. The van der Waals surface area contributed by atoms with Crippen molar-refractivity contribution in [3.05, 3.63) is 65.2 Å². The van der Waals surface area contributed by atoms with Gasteiger partial charge in [0.05, 0.1) is 12.9 Å². The van der Waals surface area contributed by atoms with Gasteiger partial charge in [0.1, 0.15) is 12.4 Å². The molecule has 0 N–H and O–H groups in total. The molecule has 0 spiro atoms. The van der Waals surface area contributed by atoms with Crippen molar-refractivity contribution in [2.24, 2.45) is 0 Å². The summed E-state index contributed by atoms with van der Waals surface area (Å²) in [6, 6.07) is 15.8. The maximum Gasteiger partial charge on any atom is 0.264 e. The predicted octanol–water partition coefficient (Wildman–Crippen LogP) is 3.09. The first-order valence-electron chi connectivity index (χ1n) is 7.04. The predicted molar refractivity (Wildman–Crippen MR) is 86.5 cm³/mol. The smallest absolute Gasteiger partial charge is 0.264 e. The minimum atomic E-state index is -3.37. The maximum atomic E-state index is 10.9. The van der Waals surface area contributed by atoms with Gasteiger partial charge in [0.25, 0.3) is 10.1 Å². The summed E-state index contributed by atoms with van der Waals surface area (Å²) in [6.07, 6.45) is 1.60. The molecule has 0 aliphatic rings. The molecule has 0 heterocycles. The molecule has 0 saturated carbocycles. The lowest BCUT2D eigenvalue weighted by Gasteiger charge is -2.08. The topological polar surface area (TPSA) is 52.6 Å². The van der Waals surface area contributed by atoms with E-state index >= 15 is 0 Å². The van der Waals surface area contributed by atoms with Gasteiger partial charge in [0.2, 0.25) is 0 Å². The number of benzene rings is 2. The van der Waals surface area contributed by atoms with Crippen molar-refractivity contribution in [3.8, 4) is 5.75 Å². The highest BCUT2D eigenvalue weighted by Crippen LogP contribution is 2.15. The average Bonchev–Trinajstić information content (AvgIpc) is 2.47. The van der Waals surface area contributed by atoms with Crippen molar-refractivity contribution in [1.29, 1.82) is 0 Å². The van der Waals surface area contributed by atoms with Crippen molar-refractivity contribution >= 4 is 10.1 Å². The summed E-state index contributed by atoms with van der Waals surface area (Å²) in [4.78, 5) is 0. The van der Waals surface area contributed by atoms with Gasteiger partial charge in [0, 0.05) is 0 Å². The van der Waals surface area contributed by atoms with Crippen LogP contribution in [0.25, 0.3) is 0 Å². The maximum absolute atomic E-state index is 10.9. The first-order chi connectivity index (χ1) is 10.4. The van der Waals surface area contributed by atoms with E-state index in [9.17, 15) is 8.42 Å². The molecule has 0 atom stereocenters. The Hall–Kier alpha value is -1.85. The molecule has 0 aliphatic carbocycles. The van der Waals surface area contributed by atoms with E-state index in [1.165, 1.54) is 5.56 Å². The molecule has 0 saturated heterocycles. The summed E-state index contributed by atoms with van der Waals surface area (Å²) < 4.78 is 32.2. The molecule has 0 fully saturated rings. The van der Waals surface area contributed by atoms with Crippen LogP contribution in [0.5, 0.6) is 5.75 Å². The third kappa shape index (κ3) is 5.87. The first kappa shape index (κ1) is 16.5. The van der Waals surface area contributed by atoms with Crippen molar-refractivity contribution in [2.75, 3.05) is 12.9 Å².